The number of hydrogen-bond acceptors (Lipinski definition) is 3. The molecule has 27 heavy (non-hydrogen) atoms. The minimum atomic E-state index is 0. The zero-order chi connectivity index (χ0) is 18.8. The van der Waals surface area contributed by atoms with Gasteiger partial charge in [0.2, 0.25) is 5.91 Å². The second kappa shape index (κ2) is 13.6. The van der Waals surface area contributed by atoms with Crippen molar-refractivity contribution in [2.45, 2.75) is 64.8 Å². The van der Waals surface area contributed by atoms with Gasteiger partial charge < -0.3 is 20.4 Å². The molecule has 0 saturated carbocycles. The average Bonchev–Trinajstić information content (AvgIpc) is 2.64. The Morgan fingerprint density at radius 2 is 1.85 bits per heavy atom. The number of likely N-dealkylation sites (tertiary alicyclic amines) is 2. The monoisotopic (exact) mass is 493 g/mol. The van der Waals surface area contributed by atoms with Crippen molar-refractivity contribution in [2.24, 2.45) is 10.9 Å². The molecule has 0 aliphatic carbocycles. The Morgan fingerprint density at radius 1 is 1.07 bits per heavy atom. The molecule has 2 aliphatic rings. The van der Waals surface area contributed by atoms with Gasteiger partial charge in [-0.2, -0.15) is 0 Å². The van der Waals surface area contributed by atoms with Gasteiger partial charge in [0, 0.05) is 52.2 Å². The lowest BCUT2D eigenvalue weighted by molar-refractivity contribution is -0.132. The zero-order valence-corrected chi connectivity index (χ0v) is 19.8. The molecule has 0 aromatic carbocycles. The Hall–Kier alpha value is -0.570. The third kappa shape index (κ3) is 8.98. The Balaban J connectivity index is 0.00000364. The number of rotatable bonds is 7. The van der Waals surface area contributed by atoms with Crippen LogP contribution in [-0.2, 0) is 4.79 Å². The summed E-state index contributed by atoms with van der Waals surface area (Å²) in [6.07, 6.45) is 8.09. The molecule has 2 unspecified atom stereocenters. The van der Waals surface area contributed by atoms with E-state index in [0.717, 1.165) is 51.0 Å². The topological polar surface area (TPSA) is 60.0 Å². The fraction of sp³-hybridized carbons (Fsp3) is 0.900. The van der Waals surface area contributed by atoms with Crippen LogP contribution in [-0.4, -0.2) is 74.0 Å². The number of carbonyl (C=O) groups is 1. The lowest BCUT2D eigenvalue weighted by Crippen LogP contribution is -2.43. The highest BCUT2D eigenvalue weighted by atomic mass is 127. The van der Waals surface area contributed by atoms with E-state index in [4.69, 9.17) is 0 Å². The van der Waals surface area contributed by atoms with E-state index in [1.165, 1.54) is 32.2 Å². The van der Waals surface area contributed by atoms with Crippen molar-refractivity contribution in [3.05, 3.63) is 0 Å². The summed E-state index contributed by atoms with van der Waals surface area (Å²) in [5.74, 6) is 1.70. The number of carbonyl (C=O) groups excluding carboxylic acids is 1. The number of aliphatic imine (C=N–C) groups is 1. The van der Waals surface area contributed by atoms with E-state index < -0.39 is 0 Å². The van der Waals surface area contributed by atoms with Gasteiger partial charge in [-0.25, -0.2) is 0 Å². The van der Waals surface area contributed by atoms with Crippen molar-refractivity contribution >= 4 is 35.8 Å². The van der Waals surface area contributed by atoms with Crippen molar-refractivity contribution < 1.29 is 4.79 Å². The highest BCUT2D eigenvalue weighted by Crippen LogP contribution is 2.16. The SMILES string of the molecule is CN=C(NCCCN1CCCCC1C)NCCC(=O)N1CCCC(C)C1.I. The molecule has 0 radical (unpaired) electrons. The second-order valence-electron chi connectivity index (χ2n) is 8.00. The molecule has 2 heterocycles. The maximum atomic E-state index is 12.3. The van der Waals surface area contributed by atoms with Crippen molar-refractivity contribution in [3.8, 4) is 0 Å². The third-order valence-corrected chi connectivity index (χ3v) is 5.72. The highest BCUT2D eigenvalue weighted by Gasteiger charge is 2.20. The Bertz CT molecular complexity index is 460. The first-order valence-electron chi connectivity index (χ1n) is 10.6. The van der Waals surface area contributed by atoms with Crippen LogP contribution in [0.2, 0.25) is 0 Å². The first-order valence-corrected chi connectivity index (χ1v) is 10.6. The van der Waals surface area contributed by atoms with Gasteiger partial charge in [0.25, 0.3) is 0 Å². The molecule has 2 aliphatic heterocycles. The van der Waals surface area contributed by atoms with Crippen molar-refractivity contribution in [1.29, 1.82) is 0 Å². The van der Waals surface area contributed by atoms with Gasteiger partial charge in [0.15, 0.2) is 5.96 Å². The summed E-state index contributed by atoms with van der Waals surface area (Å²) in [6, 6.07) is 0.727. The predicted molar refractivity (Wildman–Crippen MR) is 124 cm³/mol. The average molecular weight is 493 g/mol. The molecule has 2 fully saturated rings. The summed E-state index contributed by atoms with van der Waals surface area (Å²) < 4.78 is 0. The van der Waals surface area contributed by atoms with Crippen LogP contribution in [0.3, 0.4) is 0 Å². The molecule has 7 heteroatoms. The highest BCUT2D eigenvalue weighted by molar-refractivity contribution is 14.0. The quantitative estimate of drug-likeness (QED) is 0.248. The van der Waals surface area contributed by atoms with Gasteiger partial charge in [-0.3, -0.25) is 9.79 Å². The number of amides is 1. The smallest absolute Gasteiger partial charge is 0.224 e. The van der Waals surface area contributed by atoms with Crippen LogP contribution < -0.4 is 10.6 Å². The molecule has 6 nitrogen and oxygen atoms in total. The molecule has 0 bridgehead atoms. The van der Waals surface area contributed by atoms with E-state index >= 15 is 0 Å². The van der Waals surface area contributed by atoms with E-state index in [0.29, 0.717) is 18.9 Å². The van der Waals surface area contributed by atoms with Crippen LogP contribution >= 0.6 is 24.0 Å². The van der Waals surface area contributed by atoms with Gasteiger partial charge in [-0.1, -0.05) is 13.3 Å². The lowest BCUT2D eigenvalue weighted by Gasteiger charge is -2.33. The predicted octanol–water partition coefficient (Wildman–Crippen LogP) is 2.68. The maximum Gasteiger partial charge on any atom is 0.224 e. The Morgan fingerprint density at radius 3 is 2.56 bits per heavy atom. The summed E-state index contributed by atoms with van der Waals surface area (Å²) in [7, 11) is 1.79. The molecule has 0 aromatic heterocycles. The molecule has 1 amide bonds. The zero-order valence-electron chi connectivity index (χ0n) is 17.5. The van der Waals surface area contributed by atoms with Crippen LogP contribution in [0, 0.1) is 5.92 Å². The minimum Gasteiger partial charge on any atom is -0.356 e. The second-order valence-corrected chi connectivity index (χ2v) is 8.00. The van der Waals surface area contributed by atoms with E-state index in [1.54, 1.807) is 7.05 Å². The van der Waals surface area contributed by atoms with Crippen molar-refractivity contribution in [3.63, 3.8) is 0 Å². The fourth-order valence-electron chi connectivity index (χ4n) is 4.06. The Labute approximate surface area is 182 Å². The third-order valence-electron chi connectivity index (χ3n) is 5.72. The first kappa shape index (κ1) is 24.5. The van der Waals surface area contributed by atoms with Gasteiger partial charge >= 0.3 is 0 Å². The number of piperidine rings is 2. The molecule has 2 saturated heterocycles. The molecule has 2 N–H and O–H groups in total. The molecule has 0 aromatic rings. The summed E-state index contributed by atoms with van der Waals surface area (Å²) in [5.41, 5.74) is 0. The van der Waals surface area contributed by atoms with Gasteiger partial charge in [-0.05, 0) is 51.5 Å². The normalized spacial score (nSPS) is 24.3. The number of nitrogens with one attached hydrogen (secondary N) is 2. The van der Waals surface area contributed by atoms with Crippen LogP contribution in [0.5, 0.6) is 0 Å². The molecule has 0 spiro atoms. The van der Waals surface area contributed by atoms with Crippen LogP contribution in [0.1, 0.15) is 58.8 Å². The number of nitrogens with zero attached hydrogens (tertiary/aromatic N) is 3. The van der Waals surface area contributed by atoms with Crippen LogP contribution in [0.15, 0.2) is 4.99 Å². The summed E-state index contributed by atoms with van der Waals surface area (Å²) in [5, 5.41) is 6.65. The van der Waals surface area contributed by atoms with E-state index in [1.807, 2.05) is 4.90 Å². The van der Waals surface area contributed by atoms with E-state index in [2.05, 4.69) is 34.4 Å². The number of guanidine groups is 1. The number of halogens is 1. The van der Waals surface area contributed by atoms with Crippen molar-refractivity contribution in [1.82, 2.24) is 20.4 Å². The standard InChI is InChI=1S/C20H39N5O.HI/c1-17-8-6-14-25(16-17)19(26)10-12-23-20(21-3)22-11-7-15-24-13-5-4-9-18(24)2;/h17-18H,4-16H2,1-3H3,(H2,21,22,23);1H. The van der Waals surface area contributed by atoms with E-state index in [9.17, 15) is 4.79 Å². The maximum absolute atomic E-state index is 12.3. The fourth-order valence-corrected chi connectivity index (χ4v) is 4.06. The molecule has 158 valence electrons. The largest absolute Gasteiger partial charge is 0.356 e. The first-order chi connectivity index (χ1) is 12.6. The van der Waals surface area contributed by atoms with Crippen LogP contribution in [0.25, 0.3) is 0 Å². The summed E-state index contributed by atoms with van der Waals surface area (Å²) in [4.78, 5) is 21.2. The Kier molecular flexibility index (Phi) is 12.3. The molecular formula is C20H40IN5O. The molecule has 2 atom stereocenters. The number of hydrogen-bond donors (Lipinski definition) is 2. The minimum absolute atomic E-state index is 0. The summed E-state index contributed by atoms with van der Waals surface area (Å²) in [6.45, 7) is 10.4. The summed E-state index contributed by atoms with van der Waals surface area (Å²) >= 11 is 0. The van der Waals surface area contributed by atoms with Gasteiger partial charge in [-0.15, -0.1) is 24.0 Å². The molecule has 2 rings (SSSR count). The van der Waals surface area contributed by atoms with E-state index in [-0.39, 0.29) is 29.9 Å². The van der Waals surface area contributed by atoms with Crippen molar-refractivity contribution in [2.75, 3.05) is 46.3 Å². The van der Waals surface area contributed by atoms with Gasteiger partial charge in [0.1, 0.15) is 0 Å². The molecular weight excluding hydrogens is 453 g/mol. The van der Waals surface area contributed by atoms with Crippen LogP contribution in [0.4, 0.5) is 0 Å². The lowest BCUT2D eigenvalue weighted by atomic mass is 10.00. The van der Waals surface area contributed by atoms with Gasteiger partial charge in [0.05, 0.1) is 0 Å².